The van der Waals surface area contributed by atoms with Crippen molar-refractivity contribution < 1.29 is 9.47 Å². The van der Waals surface area contributed by atoms with Gasteiger partial charge in [0, 0.05) is 19.1 Å². The summed E-state index contributed by atoms with van der Waals surface area (Å²) in [7, 11) is 0. The van der Waals surface area contributed by atoms with Crippen LogP contribution in [0.25, 0.3) is 16.6 Å². The molecule has 0 aliphatic carbocycles. The molecule has 172 valence electrons. The fraction of sp³-hybridized carbons (Fsp3) is 0.400. The molecular weight excluding hydrogens is 496 g/mol. The number of H-pyrrole nitrogens is 2. The Kier molecular flexibility index (Phi) is 6.15. The summed E-state index contributed by atoms with van der Waals surface area (Å²) in [6.07, 6.45) is 8.97. The number of hydrogen-bond donors (Lipinski definition) is 2. The molecule has 2 aliphatic rings. The Morgan fingerprint density at radius 1 is 1.00 bits per heavy atom. The predicted molar refractivity (Wildman–Crippen MR) is 121 cm³/mol. The lowest BCUT2D eigenvalue weighted by Gasteiger charge is -2.20. The zero-order valence-electron chi connectivity index (χ0n) is 17.5. The van der Waals surface area contributed by atoms with Gasteiger partial charge in [-0.15, -0.1) is 0 Å². The van der Waals surface area contributed by atoms with Crippen molar-refractivity contribution in [2.45, 2.75) is 25.2 Å². The van der Waals surface area contributed by atoms with Crippen LogP contribution in [0.4, 0.5) is 0 Å². The van der Waals surface area contributed by atoms with Gasteiger partial charge in [0.15, 0.2) is 16.9 Å². The summed E-state index contributed by atoms with van der Waals surface area (Å²) in [5.41, 5.74) is 1.62. The van der Waals surface area contributed by atoms with Gasteiger partial charge in [0.1, 0.15) is 23.1 Å². The summed E-state index contributed by atoms with van der Waals surface area (Å²) in [4.78, 5) is 36.9. The van der Waals surface area contributed by atoms with Gasteiger partial charge in [-0.1, -0.05) is 6.08 Å². The van der Waals surface area contributed by atoms with Crippen LogP contribution < -0.4 is 11.1 Å². The first kappa shape index (κ1) is 21.7. The number of ether oxygens (including phenoxy) is 2. The standard InChI is InChI=1S/C10H9BrN4O2.C10H12N4O2/c11-8-7-10(16)12-5-13-15(7)9(14-8)6-1-3-17-4-2-6;15-10-8-5-11-9(14(8)13-6-12-10)7-1-3-16-4-2-7/h1,5H,2-4H2,(H,12,13,16);5-7H,1-4H2,(H,12,13,15). The maximum atomic E-state index is 11.7. The fourth-order valence-electron chi connectivity index (χ4n) is 3.93. The average molecular weight is 517 g/mol. The molecule has 0 radical (unpaired) electrons. The molecule has 4 aromatic heterocycles. The minimum atomic E-state index is -0.210. The van der Waals surface area contributed by atoms with Gasteiger partial charge in [0.25, 0.3) is 11.1 Å². The van der Waals surface area contributed by atoms with E-state index in [9.17, 15) is 9.59 Å². The smallest absolute Gasteiger partial charge is 0.277 e. The number of halogens is 1. The lowest BCUT2D eigenvalue weighted by molar-refractivity contribution is 0.0832. The summed E-state index contributed by atoms with van der Waals surface area (Å²) in [5.74, 6) is 1.90. The highest BCUT2D eigenvalue weighted by molar-refractivity contribution is 9.10. The van der Waals surface area contributed by atoms with Crippen LogP contribution in [0.3, 0.4) is 0 Å². The number of hydrogen-bond acceptors (Lipinski definition) is 8. The van der Waals surface area contributed by atoms with Crippen LogP contribution in [-0.2, 0) is 9.47 Å². The Balaban J connectivity index is 0.000000139. The number of aromatic amines is 2. The second kappa shape index (κ2) is 9.37. The van der Waals surface area contributed by atoms with Crippen molar-refractivity contribution in [2.75, 3.05) is 26.4 Å². The average Bonchev–Trinajstić information content (AvgIpc) is 3.44. The van der Waals surface area contributed by atoms with Crippen molar-refractivity contribution in [1.82, 2.24) is 39.2 Å². The van der Waals surface area contributed by atoms with Gasteiger partial charge in [-0.25, -0.2) is 19.0 Å². The quantitative estimate of drug-likeness (QED) is 0.405. The predicted octanol–water partition coefficient (Wildman–Crippen LogP) is 1.30. The number of nitrogens with one attached hydrogen (secondary N) is 2. The number of imidazole rings is 2. The van der Waals surface area contributed by atoms with E-state index in [0.717, 1.165) is 43.9 Å². The van der Waals surface area contributed by atoms with Crippen LogP contribution in [0.1, 0.15) is 36.8 Å². The van der Waals surface area contributed by atoms with E-state index in [1.54, 1.807) is 15.2 Å². The minimum absolute atomic E-state index is 0.152. The zero-order valence-corrected chi connectivity index (χ0v) is 19.1. The van der Waals surface area contributed by atoms with E-state index in [0.29, 0.717) is 40.6 Å². The first-order valence-electron chi connectivity index (χ1n) is 10.5. The first-order chi connectivity index (χ1) is 16.1. The minimum Gasteiger partial charge on any atom is -0.381 e. The van der Waals surface area contributed by atoms with Gasteiger partial charge >= 0.3 is 0 Å². The molecular formula is C20H21BrN8O4. The molecule has 0 saturated carbocycles. The lowest BCUT2D eigenvalue weighted by atomic mass is 10.00. The Hall–Kier alpha value is -3.16. The van der Waals surface area contributed by atoms with Crippen molar-refractivity contribution in [3.8, 4) is 0 Å². The molecule has 6 heterocycles. The Bertz CT molecular complexity index is 1430. The maximum Gasteiger partial charge on any atom is 0.277 e. The normalized spacial score (nSPS) is 17.1. The summed E-state index contributed by atoms with van der Waals surface area (Å²) >= 11 is 3.28. The molecule has 1 fully saturated rings. The van der Waals surface area contributed by atoms with Crippen LogP contribution in [0.5, 0.6) is 0 Å². The number of aromatic nitrogens is 8. The van der Waals surface area contributed by atoms with Gasteiger partial charge in [0.2, 0.25) is 0 Å². The molecule has 0 atom stereocenters. The van der Waals surface area contributed by atoms with Crippen molar-refractivity contribution in [3.05, 3.63) is 61.9 Å². The van der Waals surface area contributed by atoms with E-state index >= 15 is 0 Å². The Morgan fingerprint density at radius 2 is 1.76 bits per heavy atom. The first-order valence-corrected chi connectivity index (χ1v) is 11.3. The van der Waals surface area contributed by atoms with Gasteiger partial charge < -0.3 is 19.4 Å². The summed E-state index contributed by atoms with van der Waals surface area (Å²) < 4.78 is 14.3. The van der Waals surface area contributed by atoms with Gasteiger partial charge in [-0.05, 0) is 40.8 Å². The topological polar surface area (TPSA) is 145 Å². The monoisotopic (exact) mass is 516 g/mol. The third-order valence-corrected chi connectivity index (χ3v) is 6.15. The molecule has 0 bridgehead atoms. The molecule has 0 amide bonds. The molecule has 2 N–H and O–H groups in total. The molecule has 12 nitrogen and oxygen atoms in total. The largest absolute Gasteiger partial charge is 0.381 e. The molecule has 0 spiro atoms. The summed E-state index contributed by atoms with van der Waals surface area (Å²) in [6.45, 7) is 2.75. The summed E-state index contributed by atoms with van der Waals surface area (Å²) in [6, 6.07) is 0. The SMILES string of the molecule is O=c1[nH]cnn2c(C3=CCOCC3)nc(Br)c12.O=c1[nH]cnn2c(C3CCOCC3)ncc12. The van der Waals surface area contributed by atoms with Crippen molar-refractivity contribution in [3.63, 3.8) is 0 Å². The highest BCUT2D eigenvalue weighted by atomic mass is 79.9. The van der Waals surface area contributed by atoms with E-state index in [1.807, 2.05) is 6.08 Å². The van der Waals surface area contributed by atoms with Gasteiger partial charge in [-0.2, -0.15) is 10.2 Å². The highest BCUT2D eigenvalue weighted by Gasteiger charge is 2.21. The number of nitrogens with zero attached hydrogens (tertiary/aromatic N) is 6. The van der Waals surface area contributed by atoms with Gasteiger partial charge in [-0.3, -0.25) is 9.59 Å². The van der Waals surface area contributed by atoms with E-state index in [4.69, 9.17) is 9.47 Å². The maximum absolute atomic E-state index is 11.7. The zero-order chi connectivity index (χ0) is 22.8. The van der Waals surface area contributed by atoms with Crippen molar-refractivity contribution in [2.24, 2.45) is 0 Å². The molecule has 0 aromatic carbocycles. The van der Waals surface area contributed by atoms with Crippen molar-refractivity contribution >= 4 is 32.5 Å². The lowest BCUT2D eigenvalue weighted by Crippen LogP contribution is -2.18. The van der Waals surface area contributed by atoms with Crippen LogP contribution in [0.2, 0.25) is 0 Å². The van der Waals surface area contributed by atoms with Crippen LogP contribution in [0, 0.1) is 0 Å². The number of fused-ring (bicyclic) bond motifs is 2. The van der Waals surface area contributed by atoms with Crippen molar-refractivity contribution in [1.29, 1.82) is 0 Å². The molecule has 2 aliphatic heterocycles. The Labute approximate surface area is 194 Å². The number of rotatable bonds is 2. The van der Waals surface area contributed by atoms with E-state index < -0.39 is 0 Å². The highest BCUT2D eigenvalue weighted by Crippen LogP contribution is 2.25. The summed E-state index contributed by atoms with van der Waals surface area (Å²) in [5, 5.41) is 8.26. The molecule has 6 rings (SSSR count). The second-order valence-electron chi connectivity index (χ2n) is 7.58. The van der Waals surface area contributed by atoms with Crippen LogP contribution in [-0.4, -0.2) is 65.6 Å². The van der Waals surface area contributed by atoms with E-state index in [2.05, 4.69) is 46.1 Å². The molecule has 0 unspecified atom stereocenters. The molecule has 13 heteroatoms. The molecule has 33 heavy (non-hydrogen) atoms. The van der Waals surface area contributed by atoms with Crippen LogP contribution in [0.15, 0.2) is 39.1 Å². The third-order valence-electron chi connectivity index (χ3n) is 5.60. The molecule has 4 aromatic rings. The molecule has 1 saturated heterocycles. The van der Waals surface area contributed by atoms with Crippen LogP contribution >= 0.6 is 15.9 Å². The second-order valence-corrected chi connectivity index (χ2v) is 8.33. The third kappa shape index (κ3) is 4.26. The van der Waals surface area contributed by atoms with E-state index in [-0.39, 0.29) is 11.1 Å². The van der Waals surface area contributed by atoms with E-state index in [1.165, 1.54) is 12.7 Å². The Morgan fingerprint density at radius 3 is 2.52 bits per heavy atom. The van der Waals surface area contributed by atoms with Gasteiger partial charge in [0.05, 0.1) is 19.4 Å². The fourth-order valence-corrected chi connectivity index (χ4v) is 4.45.